The summed E-state index contributed by atoms with van der Waals surface area (Å²) in [4.78, 5) is 31.5. The van der Waals surface area contributed by atoms with Crippen LogP contribution in [0.3, 0.4) is 0 Å². The third-order valence-corrected chi connectivity index (χ3v) is 4.96. The number of aromatic nitrogens is 2. The predicted octanol–water partition coefficient (Wildman–Crippen LogP) is 2.42. The van der Waals surface area contributed by atoms with Crippen LogP contribution in [0.5, 0.6) is 11.5 Å². The molecule has 0 saturated heterocycles. The Morgan fingerprint density at radius 3 is 2.55 bits per heavy atom. The smallest absolute Gasteiger partial charge is 0.261 e. The third kappa shape index (κ3) is 4.39. The van der Waals surface area contributed by atoms with Gasteiger partial charge in [0.15, 0.2) is 11.5 Å². The lowest BCUT2D eigenvalue weighted by atomic mass is 10.1. The summed E-state index contributed by atoms with van der Waals surface area (Å²) >= 11 is 0. The van der Waals surface area contributed by atoms with Crippen LogP contribution in [0.25, 0.3) is 10.9 Å². The quantitative estimate of drug-likeness (QED) is 0.614. The van der Waals surface area contributed by atoms with Crippen LogP contribution in [0.4, 0.5) is 0 Å². The molecule has 1 heterocycles. The average molecular weight is 395 g/mol. The second-order valence-corrected chi connectivity index (χ2v) is 6.82. The number of aryl methyl sites for hydroxylation is 1. The van der Waals surface area contributed by atoms with Crippen molar-refractivity contribution in [2.45, 2.75) is 19.9 Å². The Bertz CT molecular complexity index is 1090. The molecule has 152 valence electrons. The normalized spacial score (nSPS) is 10.8. The molecule has 7 nitrogen and oxygen atoms in total. The lowest BCUT2D eigenvalue weighted by molar-refractivity contribution is -0.130. The van der Waals surface area contributed by atoms with E-state index in [9.17, 15) is 9.59 Å². The molecule has 0 spiro atoms. The fraction of sp³-hybridized carbons (Fsp3) is 0.318. The van der Waals surface area contributed by atoms with Crippen molar-refractivity contribution < 1.29 is 14.3 Å². The van der Waals surface area contributed by atoms with Gasteiger partial charge in [-0.05, 0) is 43.2 Å². The van der Waals surface area contributed by atoms with E-state index in [0.29, 0.717) is 41.2 Å². The number of rotatable bonds is 7. The van der Waals surface area contributed by atoms with Gasteiger partial charge in [0, 0.05) is 13.6 Å². The third-order valence-electron chi connectivity index (χ3n) is 4.96. The van der Waals surface area contributed by atoms with Gasteiger partial charge in [-0.1, -0.05) is 18.2 Å². The van der Waals surface area contributed by atoms with E-state index in [1.165, 1.54) is 4.57 Å². The average Bonchev–Trinajstić information content (AvgIpc) is 2.74. The van der Waals surface area contributed by atoms with Crippen LogP contribution in [-0.2, 0) is 17.8 Å². The van der Waals surface area contributed by atoms with E-state index in [1.807, 2.05) is 24.3 Å². The van der Waals surface area contributed by atoms with Gasteiger partial charge in [0.05, 0.1) is 25.1 Å². The maximum atomic E-state index is 12.7. The lowest BCUT2D eigenvalue weighted by Crippen LogP contribution is -2.36. The molecule has 0 bridgehead atoms. The van der Waals surface area contributed by atoms with E-state index < -0.39 is 0 Å². The minimum Gasteiger partial charge on any atom is -0.493 e. The predicted molar refractivity (Wildman–Crippen MR) is 112 cm³/mol. The van der Waals surface area contributed by atoms with Gasteiger partial charge >= 0.3 is 0 Å². The highest BCUT2D eigenvalue weighted by atomic mass is 16.5. The first kappa shape index (κ1) is 20.4. The van der Waals surface area contributed by atoms with E-state index in [-0.39, 0.29) is 18.0 Å². The molecule has 3 aromatic rings. The van der Waals surface area contributed by atoms with Crippen molar-refractivity contribution in [3.63, 3.8) is 0 Å². The molecule has 0 aliphatic heterocycles. The number of benzene rings is 2. The first-order valence-corrected chi connectivity index (χ1v) is 9.35. The molecular weight excluding hydrogens is 370 g/mol. The fourth-order valence-corrected chi connectivity index (χ4v) is 3.18. The minimum absolute atomic E-state index is 0.0368. The summed E-state index contributed by atoms with van der Waals surface area (Å²) < 4.78 is 12.0. The van der Waals surface area contributed by atoms with Gasteiger partial charge in [0.25, 0.3) is 5.56 Å². The molecule has 0 radical (unpaired) electrons. The Balaban J connectivity index is 1.70. The highest BCUT2D eigenvalue weighted by Gasteiger charge is 2.15. The molecule has 0 atom stereocenters. The van der Waals surface area contributed by atoms with Gasteiger partial charge in [-0.25, -0.2) is 4.98 Å². The first-order chi connectivity index (χ1) is 13.9. The van der Waals surface area contributed by atoms with Gasteiger partial charge in [0.2, 0.25) is 5.91 Å². The molecule has 7 heteroatoms. The van der Waals surface area contributed by atoms with Crippen molar-refractivity contribution >= 4 is 16.8 Å². The van der Waals surface area contributed by atoms with E-state index in [2.05, 4.69) is 4.98 Å². The van der Waals surface area contributed by atoms with Crippen LogP contribution in [0, 0.1) is 6.92 Å². The molecule has 1 amide bonds. The molecule has 0 aliphatic rings. The molecule has 29 heavy (non-hydrogen) atoms. The number of likely N-dealkylation sites (N-methyl/N-ethyl adjacent to an activating group) is 1. The molecule has 0 aliphatic carbocycles. The second-order valence-electron chi connectivity index (χ2n) is 6.82. The van der Waals surface area contributed by atoms with E-state index in [4.69, 9.17) is 9.47 Å². The summed E-state index contributed by atoms with van der Waals surface area (Å²) in [6, 6.07) is 12.9. The molecule has 0 saturated carbocycles. The number of carbonyl (C=O) groups excluding carboxylic acids is 1. The summed E-state index contributed by atoms with van der Waals surface area (Å²) in [5, 5.41) is 0.513. The molecule has 0 unspecified atom stereocenters. The Kier molecular flexibility index (Phi) is 6.16. The standard InChI is InChI=1S/C22H25N3O4/c1-15-23-18-8-6-5-7-17(18)22(27)25(15)14-21(26)24(2)12-11-16-9-10-19(28-3)20(13-16)29-4/h5-10,13H,11-12,14H2,1-4H3. The number of methoxy groups -OCH3 is 2. The molecular formula is C22H25N3O4. The van der Waals surface area contributed by atoms with E-state index >= 15 is 0 Å². The molecule has 0 N–H and O–H groups in total. The topological polar surface area (TPSA) is 73.7 Å². The lowest BCUT2D eigenvalue weighted by Gasteiger charge is -2.19. The number of amides is 1. The number of hydrogen-bond donors (Lipinski definition) is 0. The fourth-order valence-electron chi connectivity index (χ4n) is 3.18. The van der Waals surface area contributed by atoms with Crippen LogP contribution in [0.15, 0.2) is 47.3 Å². The van der Waals surface area contributed by atoms with Crippen molar-refractivity contribution in [1.82, 2.24) is 14.5 Å². The monoisotopic (exact) mass is 395 g/mol. The maximum Gasteiger partial charge on any atom is 0.261 e. The summed E-state index contributed by atoms with van der Waals surface area (Å²) in [7, 11) is 4.92. The minimum atomic E-state index is -0.199. The molecule has 1 aromatic heterocycles. The zero-order valence-corrected chi connectivity index (χ0v) is 17.1. The SMILES string of the molecule is COc1ccc(CCN(C)C(=O)Cn2c(C)nc3ccccc3c2=O)cc1OC. The van der Waals surface area contributed by atoms with Crippen molar-refractivity contribution in [3.05, 3.63) is 64.2 Å². The summed E-state index contributed by atoms with van der Waals surface area (Å²) in [5.74, 6) is 1.70. The number of nitrogens with zero attached hydrogens (tertiary/aromatic N) is 3. The number of fused-ring (bicyclic) bond motifs is 1. The van der Waals surface area contributed by atoms with Gasteiger partial charge in [0.1, 0.15) is 12.4 Å². The van der Waals surface area contributed by atoms with Crippen LogP contribution < -0.4 is 15.0 Å². The highest BCUT2D eigenvalue weighted by molar-refractivity contribution is 5.79. The van der Waals surface area contributed by atoms with E-state index in [1.54, 1.807) is 51.3 Å². The van der Waals surface area contributed by atoms with Crippen LogP contribution in [-0.4, -0.2) is 48.2 Å². The zero-order valence-electron chi connectivity index (χ0n) is 17.1. The molecule has 3 rings (SSSR count). The first-order valence-electron chi connectivity index (χ1n) is 9.35. The largest absolute Gasteiger partial charge is 0.493 e. The van der Waals surface area contributed by atoms with Gasteiger partial charge in [-0.2, -0.15) is 0 Å². The van der Waals surface area contributed by atoms with Crippen LogP contribution in [0.1, 0.15) is 11.4 Å². The van der Waals surface area contributed by atoms with Crippen molar-refractivity contribution in [1.29, 1.82) is 0 Å². The van der Waals surface area contributed by atoms with Crippen LogP contribution in [0.2, 0.25) is 0 Å². The summed E-state index contributed by atoms with van der Waals surface area (Å²) in [5.41, 5.74) is 1.47. The number of hydrogen-bond acceptors (Lipinski definition) is 5. The maximum absolute atomic E-state index is 12.7. The summed E-state index contributed by atoms with van der Waals surface area (Å²) in [6.07, 6.45) is 0.659. The van der Waals surface area contributed by atoms with Crippen molar-refractivity contribution in [2.24, 2.45) is 0 Å². The Labute approximate surface area is 169 Å². The van der Waals surface area contributed by atoms with E-state index in [0.717, 1.165) is 5.56 Å². The van der Waals surface area contributed by atoms with Gasteiger partial charge in [-0.15, -0.1) is 0 Å². The Morgan fingerprint density at radius 1 is 1.10 bits per heavy atom. The Morgan fingerprint density at radius 2 is 1.83 bits per heavy atom. The highest BCUT2D eigenvalue weighted by Crippen LogP contribution is 2.27. The van der Waals surface area contributed by atoms with Gasteiger partial charge < -0.3 is 14.4 Å². The zero-order chi connectivity index (χ0) is 21.0. The van der Waals surface area contributed by atoms with Crippen molar-refractivity contribution in [3.8, 4) is 11.5 Å². The summed E-state index contributed by atoms with van der Waals surface area (Å²) in [6.45, 7) is 2.22. The number of para-hydroxylation sites is 1. The number of carbonyl (C=O) groups is 1. The molecule has 2 aromatic carbocycles. The van der Waals surface area contributed by atoms with Crippen molar-refractivity contribution in [2.75, 3.05) is 27.8 Å². The molecule has 0 fully saturated rings. The number of ether oxygens (including phenoxy) is 2. The van der Waals surface area contributed by atoms with Gasteiger partial charge in [-0.3, -0.25) is 14.2 Å². The van der Waals surface area contributed by atoms with Crippen LogP contribution >= 0.6 is 0 Å². The second kappa shape index (κ2) is 8.77. The Hall–Kier alpha value is -3.35.